The van der Waals surface area contributed by atoms with Gasteiger partial charge in [0.2, 0.25) is 5.88 Å². The van der Waals surface area contributed by atoms with Crippen LogP contribution in [0.25, 0.3) is 11.0 Å². The molecule has 0 aromatic carbocycles. The maximum absolute atomic E-state index is 11.6. The van der Waals surface area contributed by atoms with Crippen LogP contribution in [0, 0.1) is 0 Å². The predicted molar refractivity (Wildman–Crippen MR) is 69.7 cm³/mol. The Morgan fingerprint density at radius 1 is 1.39 bits per heavy atom. The molecule has 94 valence electrons. The lowest BCUT2D eigenvalue weighted by Gasteiger charge is -2.05. The van der Waals surface area contributed by atoms with Crippen LogP contribution in [0.2, 0.25) is 0 Å². The van der Waals surface area contributed by atoms with Crippen molar-refractivity contribution in [1.29, 1.82) is 0 Å². The molecule has 0 atom stereocenters. The number of hydrogen-bond donors (Lipinski definition) is 0. The summed E-state index contributed by atoms with van der Waals surface area (Å²) in [6, 6.07) is 3.42. The number of aromatic nitrogens is 2. The van der Waals surface area contributed by atoms with Crippen molar-refractivity contribution in [3.8, 4) is 5.88 Å². The average molecular weight is 311 g/mol. The smallest absolute Gasteiger partial charge is 0.339 e. The zero-order chi connectivity index (χ0) is 13.1. The molecule has 2 heterocycles. The summed E-state index contributed by atoms with van der Waals surface area (Å²) >= 11 is 3.33. The lowest BCUT2D eigenvalue weighted by atomic mass is 10.2. The van der Waals surface area contributed by atoms with Crippen LogP contribution in [0.1, 0.15) is 17.3 Å². The number of esters is 1. The fourth-order valence-corrected chi connectivity index (χ4v) is 1.95. The molecule has 0 aliphatic carbocycles. The molecule has 0 radical (unpaired) electrons. The highest BCUT2D eigenvalue weighted by Crippen LogP contribution is 2.26. The van der Waals surface area contributed by atoms with Gasteiger partial charge in [-0.3, -0.25) is 4.98 Å². The second kappa shape index (κ2) is 5.30. The normalized spacial score (nSPS) is 10.4. The zero-order valence-electron chi connectivity index (χ0n) is 9.94. The molecular weight excluding hydrogens is 300 g/mol. The van der Waals surface area contributed by atoms with Crippen molar-refractivity contribution in [2.45, 2.75) is 6.92 Å². The van der Waals surface area contributed by atoms with Crippen molar-refractivity contribution < 1.29 is 14.3 Å². The van der Waals surface area contributed by atoms with Gasteiger partial charge in [-0.05, 0) is 35.0 Å². The molecule has 0 bridgehead atoms. The van der Waals surface area contributed by atoms with Crippen molar-refractivity contribution in [2.24, 2.45) is 0 Å². The monoisotopic (exact) mass is 310 g/mol. The van der Waals surface area contributed by atoms with Crippen LogP contribution in [0.4, 0.5) is 0 Å². The van der Waals surface area contributed by atoms with Crippen LogP contribution >= 0.6 is 15.9 Å². The van der Waals surface area contributed by atoms with Gasteiger partial charge in [0, 0.05) is 6.20 Å². The average Bonchev–Trinajstić information content (AvgIpc) is 2.37. The third kappa shape index (κ3) is 2.43. The molecule has 6 heteroatoms. The van der Waals surface area contributed by atoms with E-state index in [1.165, 1.54) is 13.3 Å². The van der Waals surface area contributed by atoms with E-state index >= 15 is 0 Å². The molecule has 2 aromatic rings. The molecule has 0 fully saturated rings. The maximum atomic E-state index is 11.6. The highest BCUT2D eigenvalue weighted by atomic mass is 79.9. The molecule has 18 heavy (non-hydrogen) atoms. The number of rotatable bonds is 3. The molecule has 0 saturated carbocycles. The maximum Gasteiger partial charge on any atom is 0.339 e. The number of pyridine rings is 2. The van der Waals surface area contributed by atoms with Crippen LogP contribution in [-0.2, 0) is 4.74 Å². The minimum Gasteiger partial charge on any atom is -0.480 e. The third-order valence-corrected chi connectivity index (χ3v) is 2.86. The van der Waals surface area contributed by atoms with E-state index in [9.17, 15) is 4.79 Å². The van der Waals surface area contributed by atoms with Gasteiger partial charge in [0.05, 0.1) is 34.8 Å². The van der Waals surface area contributed by atoms with Crippen molar-refractivity contribution in [3.63, 3.8) is 0 Å². The molecule has 5 nitrogen and oxygen atoms in total. The van der Waals surface area contributed by atoms with Gasteiger partial charge in [-0.1, -0.05) is 0 Å². The highest BCUT2D eigenvalue weighted by Gasteiger charge is 2.11. The Hall–Kier alpha value is -1.69. The summed E-state index contributed by atoms with van der Waals surface area (Å²) in [5.41, 5.74) is 1.64. The molecule has 0 saturated heterocycles. The number of methoxy groups -OCH3 is 1. The van der Waals surface area contributed by atoms with E-state index in [-0.39, 0.29) is 0 Å². The Labute approximate surface area is 112 Å². The van der Waals surface area contributed by atoms with Gasteiger partial charge in [-0.2, -0.15) is 0 Å². The molecule has 0 aliphatic heterocycles. The number of ether oxygens (including phenoxy) is 2. The fourth-order valence-electron chi connectivity index (χ4n) is 1.48. The van der Waals surface area contributed by atoms with Gasteiger partial charge >= 0.3 is 5.97 Å². The standard InChI is InChI=1S/C12H11BrN2O3/c1-3-18-12(16)7-4-10-9(14-6-7)5-8(13)11(15-10)17-2/h4-6H,3H2,1-2H3. The first-order valence-corrected chi connectivity index (χ1v) is 6.12. The lowest BCUT2D eigenvalue weighted by molar-refractivity contribution is 0.0526. The van der Waals surface area contributed by atoms with Crippen LogP contribution in [0.5, 0.6) is 5.88 Å². The number of fused-ring (bicyclic) bond motifs is 1. The van der Waals surface area contributed by atoms with Crippen LogP contribution < -0.4 is 4.74 Å². The first kappa shape index (κ1) is 12.8. The first-order chi connectivity index (χ1) is 8.65. The molecule has 0 amide bonds. The molecule has 0 spiro atoms. The minimum atomic E-state index is -0.407. The number of halogens is 1. The third-order valence-electron chi connectivity index (χ3n) is 2.29. The van der Waals surface area contributed by atoms with Crippen molar-refractivity contribution in [1.82, 2.24) is 9.97 Å². The summed E-state index contributed by atoms with van der Waals surface area (Å²) in [7, 11) is 1.53. The van der Waals surface area contributed by atoms with E-state index in [4.69, 9.17) is 9.47 Å². The van der Waals surface area contributed by atoms with Gasteiger partial charge in [-0.25, -0.2) is 9.78 Å². The quantitative estimate of drug-likeness (QED) is 0.815. The summed E-state index contributed by atoms with van der Waals surface area (Å²) in [4.78, 5) is 20.0. The Kier molecular flexibility index (Phi) is 3.76. The fraction of sp³-hybridized carbons (Fsp3) is 0.250. The molecular formula is C12H11BrN2O3. The van der Waals surface area contributed by atoms with E-state index in [1.807, 2.05) is 0 Å². The SMILES string of the molecule is CCOC(=O)c1cnc2cc(Br)c(OC)nc2c1. The largest absolute Gasteiger partial charge is 0.480 e. The Balaban J connectivity index is 2.50. The molecule has 0 aliphatic rings. The van der Waals surface area contributed by atoms with E-state index in [0.717, 1.165) is 0 Å². The molecule has 0 unspecified atom stereocenters. The second-order valence-electron chi connectivity index (χ2n) is 3.46. The predicted octanol–water partition coefficient (Wildman–Crippen LogP) is 2.58. The molecule has 0 N–H and O–H groups in total. The summed E-state index contributed by atoms with van der Waals surface area (Å²) in [6.45, 7) is 2.08. The minimum absolute atomic E-state index is 0.327. The lowest BCUT2D eigenvalue weighted by Crippen LogP contribution is -2.05. The first-order valence-electron chi connectivity index (χ1n) is 5.33. The van der Waals surface area contributed by atoms with E-state index in [0.29, 0.717) is 33.6 Å². The van der Waals surface area contributed by atoms with Crippen LogP contribution in [0.3, 0.4) is 0 Å². The van der Waals surface area contributed by atoms with Crippen LogP contribution in [0.15, 0.2) is 22.8 Å². The number of hydrogen-bond acceptors (Lipinski definition) is 5. The van der Waals surface area contributed by atoms with Gasteiger partial charge in [0.25, 0.3) is 0 Å². The van der Waals surface area contributed by atoms with E-state index in [2.05, 4.69) is 25.9 Å². The summed E-state index contributed by atoms with van der Waals surface area (Å²) in [6.07, 6.45) is 1.47. The van der Waals surface area contributed by atoms with E-state index in [1.54, 1.807) is 19.1 Å². The zero-order valence-corrected chi connectivity index (χ0v) is 11.5. The van der Waals surface area contributed by atoms with Gasteiger partial charge in [0.15, 0.2) is 0 Å². The topological polar surface area (TPSA) is 61.3 Å². The Morgan fingerprint density at radius 2 is 2.17 bits per heavy atom. The van der Waals surface area contributed by atoms with Crippen molar-refractivity contribution in [3.05, 3.63) is 28.4 Å². The molecule has 2 aromatic heterocycles. The van der Waals surface area contributed by atoms with Gasteiger partial charge < -0.3 is 9.47 Å². The van der Waals surface area contributed by atoms with E-state index < -0.39 is 5.97 Å². The number of carbonyl (C=O) groups excluding carboxylic acids is 1. The Morgan fingerprint density at radius 3 is 2.83 bits per heavy atom. The number of nitrogens with zero attached hydrogens (tertiary/aromatic N) is 2. The number of carbonyl (C=O) groups is 1. The van der Waals surface area contributed by atoms with Crippen LogP contribution in [-0.4, -0.2) is 29.7 Å². The Bertz CT molecular complexity index is 601. The van der Waals surface area contributed by atoms with Crippen molar-refractivity contribution >= 4 is 32.9 Å². The van der Waals surface area contributed by atoms with Gasteiger partial charge in [0.1, 0.15) is 0 Å². The summed E-state index contributed by atoms with van der Waals surface area (Å²) < 4.78 is 10.7. The molecule has 2 rings (SSSR count). The second-order valence-corrected chi connectivity index (χ2v) is 4.32. The summed E-state index contributed by atoms with van der Waals surface area (Å²) in [5.74, 6) is 0.0425. The van der Waals surface area contributed by atoms with Crippen molar-refractivity contribution in [2.75, 3.05) is 13.7 Å². The summed E-state index contributed by atoms with van der Waals surface area (Å²) in [5, 5.41) is 0. The van der Waals surface area contributed by atoms with Gasteiger partial charge in [-0.15, -0.1) is 0 Å². The highest BCUT2D eigenvalue weighted by molar-refractivity contribution is 9.10.